The Labute approximate surface area is 160 Å². The van der Waals surface area contributed by atoms with Crippen molar-refractivity contribution in [1.29, 1.82) is 0 Å². The van der Waals surface area contributed by atoms with E-state index in [2.05, 4.69) is 27.7 Å². The maximum Gasteiger partial charge on any atom is 0.319 e. The first-order valence-electron chi connectivity index (χ1n) is 9.19. The van der Waals surface area contributed by atoms with Gasteiger partial charge in [-0.25, -0.2) is 4.79 Å². The summed E-state index contributed by atoms with van der Waals surface area (Å²) in [5.74, 6) is 1.30. The van der Waals surface area contributed by atoms with E-state index in [1.165, 1.54) is 0 Å². The van der Waals surface area contributed by atoms with Crippen LogP contribution < -0.4 is 20.3 Å². The van der Waals surface area contributed by atoms with Crippen LogP contribution in [0.5, 0.6) is 5.75 Å². The van der Waals surface area contributed by atoms with E-state index >= 15 is 0 Å². The van der Waals surface area contributed by atoms with Gasteiger partial charge in [-0.3, -0.25) is 0 Å². The molecule has 3 rings (SSSR count). The predicted octanol–water partition coefficient (Wildman–Crippen LogP) is 3.49. The number of anilines is 2. The monoisotopic (exact) mass is 369 g/mol. The Bertz CT molecular complexity index is 749. The fraction of sp³-hybridized carbons (Fsp3) is 0.381. The van der Waals surface area contributed by atoms with Gasteiger partial charge in [0.2, 0.25) is 0 Å². The molecule has 0 bridgehead atoms. The Kier molecular flexibility index (Phi) is 6.54. The molecular weight excluding hydrogens is 342 g/mol. The number of hydrogen-bond acceptors (Lipinski definition) is 4. The molecule has 1 atom stereocenters. The second-order valence-electron chi connectivity index (χ2n) is 6.77. The number of benzene rings is 2. The van der Waals surface area contributed by atoms with E-state index < -0.39 is 0 Å². The molecule has 1 aliphatic rings. The summed E-state index contributed by atoms with van der Waals surface area (Å²) in [5.41, 5.74) is 3.02. The Hall–Kier alpha value is -2.73. The molecule has 2 aromatic carbocycles. The van der Waals surface area contributed by atoms with Crippen molar-refractivity contribution in [3.63, 3.8) is 0 Å². The van der Waals surface area contributed by atoms with E-state index in [1.54, 1.807) is 14.2 Å². The number of nitrogens with one attached hydrogen (secondary N) is 2. The number of hydrogen-bond donors (Lipinski definition) is 2. The largest absolute Gasteiger partial charge is 0.497 e. The Morgan fingerprint density at radius 1 is 1.19 bits per heavy atom. The second kappa shape index (κ2) is 9.28. The highest BCUT2D eigenvalue weighted by atomic mass is 16.5. The minimum atomic E-state index is -0.172. The van der Waals surface area contributed by atoms with Crippen LogP contribution in [-0.2, 0) is 11.3 Å². The van der Waals surface area contributed by atoms with Crippen LogP contribution in [0, 0.1) is 5.92 Å². The molecule has 0 spiro atoms. The standard InChI is InChI=1S/C21H27N3O3/c1-26-15-16-6-8-18(9-7-16)23-21(25)22-13-17-10-11-24(14-17)19-4-3-5-20(12-19)27-2/h3-9,12,17H,10-11,13-15H2,1-2H3,(H2,22,23,25). The first-order valence-corrected chi connectivity index (χ1v) is 9.19. The SMILES string of the molecule is COCc1ccc(NC(=O)NCC2CCN(c3cccc(OC)c3)C2)cc1. The quantitative estimate of drug-likeness (QED) is 0.784. The van der Waals surface area contributed by atoms with Crippen molar-refractivity contribution >= 4 is 17.4 Å². The zero-order chi connectivity index (χ0) is 19.1. The molecule has 0 aliphatic carbocycles. The second-order valence-corrected chi connectivity index (χ2v) is 6.77. The third-order valence-electron chi connectivity index (χ3n) is 4.78. The number of carbonyl (C=O) groups excluding carboxylic acids is 1. The van der Waals surface area contributed by atoms with Gasteiger partial charge in [0, 0.05) is 44.2 Å². The maximum atomic E-state index is 12.1. The molecule has 1 aliphatic heterocycles. The molecule has 0 radical (unpaired) electrons. The molecule has 6 nitrogen and oxygen atoms in total. The summed E-state index contributed by atoms with van der Waals surface area (Å²) >= 11 is 0. The minimum Gasteiger partial charge on any atom is -0.497 e. The van der Waals surface area contributed by atoms with Gasteiger partial charge in [0.05, 0.1) is 13.7 Å². The Morgan fingerprint density at radius 3 is 2.74 bits per heavy atom. The van der Waals surface area contributed by atoms with Gasteiger partial charge in [0.1, 0.15) is 5.75 Å². The van der Waals surface area contributed by atoms with E-state index in [0.29, 0.717) is 19.1 Å². The summed E-state index contributed by atoms with van der Waals surface area (Å²) in [7, 11) is 3.34. The van der Waals surface area contributed by atoms with Crippen molar-refractivity contribution in [2.75, 3.05) is 44.1 Å². The number of rotatable bonds is 7. The first kappa shape index (κ1) is 19.0. The Morgan fingerprint density at radius 2 is 2.00 bits per heavy atom. The van der Waals surface area contributed by atoms with Crippen LogP contribution in [0.15, 0.2) is 48.5 Å². The summed E-state index contributed by atoms with van der Waals surface area (Å²) in [5, 5.41) is 5.85. The lowest BCUT2D eigenvalue weighted by Gasteiger charge is -2.19. The first-order chi connectivity index (χ1) is 13.2. The van der Waals surface area contributed by atoms with Crippen LogP contribution >= 0.6 is 0 Å². The van der Waals surface area contributed by atoms with Crippen LogP contribution in [0.25, 0.3) is 0 Å². The van der Waals surface area contributed by atoms with Gasteiger partial charge in [-0.15, -0.1) is 0 Å². The summed E-state index contributed by atoms with van der Waals surface area (Å²) < 4.78 is 10.4. The molecule has 1 saturated heterocycles. The lowest BCUT2D eigenvalue weighted by molar-refractivity contribution is 0.185. The van der Waals surface area contributed by atoms with Crippen molar-refractivity contribution in [1.82, 2.24) is 5.32 Å². The number of methoxy groups -OCH3 is 2. The van der Waals surface area contributed by atoms with Gasteiger partial charge < -0.3 is 25.0 Å². The number of amides is 2. The molecule has 1 heterocycles. The molecule has 1 unspecified atom stereocenters. The smallest absolute Gasteiger partial charge is 0.319 e. The average Bonchev–Trinajstić information content (AvgIpc) is 3.17. The molecule has 1 fully saturated rings. The summed E-state index contributed by atoms with van der Waals surface area (Å²) in [4.78, 5) is 14.5. The Balaban J connectivity index is 1.44. The zero-order valence-corrected chi connectivity index (χ0v) is 15.9. The van der Waals surface area contributed by atoms with E-state index in [0.717, 1.165) is 42.2 Å². The van der Waals surface area contributed by atoms with E-state index in [9.17, 15) is 4.79 Å². The van der Waals surface area contributed by atoms with Gasteiger partial charge >= 0.3 is 6.03 Å². The molecule has 27 heavy (non-hydrogen) atoms. The number of urea groups is 1. The maximum absolute atomic E-state index is 12.1. The highest BCUT2D eigenvalue weighted by Crippen LogP contribution is 2.26. The third-order valence-corrected chi connectivity index (χ3v) is 4.78. The molecule has 2 aromatic rings. The van der Waals surface area contributed by atoms with Crippen LogP contribution in [-0.4, -0.2) is 39.9 Å². The summed E-state index contributed by atoms with van der Waals surface area (Å²) in [6, 6.07) is 15.6. The third kappa shape index (κ3) is 5.37. The van der Waals surface area contributed by atoms with Crippen LogP contribution in [0.3, 0.4) is 0 Å². The van der Waals surface area contributed by atoms with Gasteiger partial charge in [0.15, 0.2) is 0 Å². The number of ether oxygens (including phenoxy) is 2. The molecular formula is C21H27N3O3. The highest BCUT2D eigenvalue weighted by Gasteiger charge is 2.23. The van der Waals surface area contributed by atoms with Crippen LogP contribution in [0.2, 0.25) is 0 Å². The van der Waals surface area contributed by atoms with Crippen molar-refractivity contribution in [3.8, 4) is 5.75 Å². The van der Waals surface area contributed by atoms with Gasteiger partial charge in [-0.1, -0.05) is 18.2 Å². The fourth-order valence-corrected chi connectivity index (χ4v) is 3.30. The van der Waals surface area contributed by atoms with Crippen LogP contribution in [0.4, 0.5) is 16.2 Å². The van der Waals surface area contributed by atoms with Crippen molar-refractivity contribution in [3.05, 3.63) is 54.1 Å². The lowest BCUT2D eigenvalue weighted by atomic mass is 10.1. The van der Waals surface area contributed by atoms with Crippen LogP contribution in [0.1, 0.15) is 12.0 Å². The van der Waals surface area contributed by atoms with E-state index in [4.69, 9.17) is 9.47 Å². The normalized spacial score (nSPS) is 16.2. The molecule has 6 heteroatoms. The fourth-order valence-electron chi connectivity index (χ4n) is 3.30. The van der Waals surface area contributed by atoms with Gasteiger partial charge in [0.25, 0.3) is 0 Å². The molecule has 2 N–H and O–H groups in total. The number of carbonyl (C=O) groups is 1. The highest BCUT2D eigenvalue weighted by molar-refractivity contribution is 5.89. The van der Waals surface area contributed by atoms with Crippen molar-refractivity contribution in [2.24, 2.45) is 5.92 Å². The van der Waals surface area contributed by atoms with E-state index in [1.807, 2.05) is 36.4 Å². The van der Waals surface area contributed by atoms with E-state index in [-0.39, 0.29) is 6.03 Å². The van der Waals surface area contributed by atoms with Gasteiger partial charge in [-0.2, -0.15) is 0 Å². The summed E-state index contributed by atoms with van der Waals surface area (Å²) in [6.07, 6.45) is 1.06. The zero-order valence-electron chi connectivity index (χ0n) is 15.9. The topological polar surface area (TPSA) is 62.8 Å². The predicted molar refractivity (Wildman–Crippen MR) is 107 cm³/mol. The minimum absolute atomic E-state index is 0.172. The average molecular weight is 369 g/mol. The summed E-state index contributed by atoms with van der Waals surface area (Å²) in [6.45, 7) is 3.15. The molecule has 0 aromatic heterocycles. The molecule has 0 saturated carbocycles. The molecule has 2 amide bonds. The van der Waals surface area contributed by atoms with Crippen molar-refractivity contribution < 1.29 is 14.3 Å². The number of nitrogens with zero attached hydrogens (tertiary/aromatic N) is 1. The lowest BCUT2D eigenvalue weighted by Crippen LogP contribution is -2.34. The van der Waals surface area contributed by atoms with Crippen molar-refractivity contribution in [2.45, 2.75) is 13.0 Å². The van der Waals surface area contributed by atoms with Gasteiger partial charge in [-0.05, 0) is 42.2 Å². The molecule has 144 valence electrons.